The molecule has 154 valence electrons. The molecule has 7 nitrogen and oxygen atoms in total. The molecule has 0 aliphatic heterocycles. The molecule has 2 atom stereocenters. The van der Waals surface area contributed by atoms with Crippen molar-refractivity contribution in [1.29, 1.82) is 0 Å². The van der Waals surface area contributed by atoms with Gasteiger partial charge in [-0.25, -0.2) is 4.98 Å². The highest BCUT2D eigenvalue weighted by Gasteiger charge is 2.28. The number of benzene rings is 1. The topological polar surface area (TPSA) is 93.1 Å². The highest BCUT2D eigenvalue weighted by molar-refractivity contribution is 6.30. The molecular weight excluding hydrogens is 392 g/mol. The third-order valence-corrected chi connectivity index (χ3v) is 5.54. The van der Waals surface area contributed by atoms with E-state index in [0.717, 1.165) is 19.3 Å². The van der Waals surface area contributed by atoms with Crippen molar-refractivity contribution in [1.82, 2.24) is 20.2 Å². The zero-order valence-electron chi connectivity index (χ0n) is 16.6. The molecule has 0 bridgehead atoms. The van der Waals surface area contributed by atoms with Crippen molar-refractivity contribution in [2.45, 2.75) is 38.6 Å². The lowest BCUT2D eigenvalue weighted by Gasteiger charge is -2.29. The molecule has 29 heavy (non-hydrogen) atoms. The number of aryl methyl sites for hydroxylation is 2. The summed E-state index contributed by atoms with van der Waals surface area (Å²) in [6, 6.07) is 6.71. The van der Waals surface area contributed by atoms with Crippen LogP contribution in [0.15, 0.2) is 30.6 Å². The molecule has 8 heteroatoms. The maximum absolute atomic E-state index is 12.6. The number of imidazole rings is 1. The number of hydrogen-bond acceptors (Lipinski definition) is 4. The Labute approximate surface area is 174 Å². The van der Waals surface area contributed by atoms with Gasteiger partial charge in [-0.2, -0.15) is 0 Å². The second kappa shape index (κ2) is 9.22. The molecule has 0 saturated heterocycles. The second-order valence-electron chi connectivity index (χ2n) is 7.48. The first-order valence-electron chi connectivity index (χ1n) is 9.70. The average Bonchev–Trinajstić information content (AvgIpc) is 3.04. The first kappa shape index (κ1) is 21.0. The fraction of sp³-hybridized carbons (Fsp3) is 0.429. The van der Waals surface area contributed by atoms with Crippen LogP contribution in [0, 0.1) is 12.8 Å². The Morgan fingerprint density at radius 1 is 1.24 bits per heavy atom. The van der Waals surface area contributed by atoms with E-state index >= 15 is 0 Å². The van der Waals surface area contributed by atoms with E-state index in [4.69, 9.17) is 11.6 Å². The van der Waals surface area contributed by atoms with Gasteiger partial charge in [0, 0.05) is 29.6 Å². The molecule has 0 spiro atoms. The minimum absolute atomic E-state index is 0.0140. The van der Waals surface area contributed by atoms with Crippen molar-refractivity contribution in [2.75, 3.05) is 6.54 Å². The second-order valence-corrected chi connectivity index (χ2v) is 7.92. The lowest BCUT2D eigenvalue weighted by atomic mass is 9.83. The number of Topliss-reactive ketones (excluding diaryl/α,β-unsaturated/α-hetero) is 1. The average molecular weight is 417 g/mol. The van der Waals surface area contributed by atoms with Crippen molar-refractivity contribution >= 4 is 29.2 Å². The van der Waals surface area contributed by atoms with Crippen LogP contribution in [0.2, 0.25) is 5.02 Å². The monoisotopic (exact) mass is 416 g/mol. The van der Waals surface area contributed by atoms with Crippen molar-refractivity contribution < 1.29 is 14.4 Å². The summed E-state index contributed by atoms with van der Waals surface area (Å²) in [4.78, 5) is 41.5. The van der Waals surface area contributed by atoms with Crippen LogP contribution in [-0.4, -0.2) is 39.7 Å². The van der Waals surface area contributed by atoms with E-state index in [2.05, 4.69) is 15.6 Å². The number of nitrogens with one attached hydrogen (secondary N) is 2. The van der Waals surface area contributed by atoms with Gasteiger partial charge in [0.15, 0.2) is 5.78 Å². The summed E-state index contributed by atoms with van der Waals surface area (Å²) in [6.07, 6.45) is 4.59. The van der Waals surface area contributed by atoms with Gasteiger partial charge in [-0.05, 0) is 44.4 Å². The van der Waals surface area contributed by atoms with Crippen LogP contribution in [0.3, 0.4) is 0 Å². The van der Waals surface area contributed by atoms with Crippen LogP contribution in [0.1, 0.15) is 52.2 Å². The summed E-state index contributed by atoms with van der Waals surface area (Å²) >= 11 is 5.95. The summed E-state index contributed by atoms with van der Waals surface area (Å²) in [7, 11) is 1.74. The van der Waals surface area contributed by atoms with E-state index in [-0.39, 0.29) is 36.1 Å². The number of rotatable bonds is 6. The van der Waals surface area contributed by atoms with Gasteiger partial charge >= 0.3 is 0 Å². The Morgan fingerprint density at radius 2 is 2.03 bits per heavy atom. The Kier molecular flexibility index (Phi) is 6.69. The van der Waals surface area contributed by atoms with E-state index in [1.54, 1.807) is 49.1 Å². The van der Waals surface area contributed by atoms with E-state index in [1.807, 2.05) is 0 Å². The molecule has 1 aliphatic carbocycles. The predicted molar refractivity (Wildman–Crippen MR) is 110 cm³/mol. The quantitative estimate of drug-likeness (QED) is 0.757. The number of nitrogens with zero attached hydrogens (tertiary/aromatic N) is 2. The fourth-order valence-electron chi connectivity index (χ4n) is 3.78. The lowest BCUT2D eigenvalue weighted by molar-refractivity contribution is -0.123. The molecule has 2 N–H and O–H groups in total. The highest BCUT2D eigenvalue weighted by atomic mass is 35.5. The molecule has 1 fully saturated rings. The van der Waals surface area contributed by atoms with Crippen LogP contribution in [-0.2, 0) is 11.8 Å². The molecule has 1 saturated carbocycles. The van der Waals surface area contributed by atoms with Gasteiger partial charge in [0.05, 0.1) is 18.6 Å². The third kappa shape index (κ3) is 5.23. The van der Waals surface area contributed by atoms with Crippen LogP contribution in [0.5, 0.6) is 0 Å². The maximum Gasteiger partial charge on any atom is 0.270 e. The largest absolute Gasteiger partial charge is 0.349 e. The molecule has 1 aromatic carbocycles. The normalized spacial score (nSPS) is 18.9. The van der Waals surface area contributed by atoms with E-state index in [0.29, 0.717) is 28.4 Å². The van der Waals surface area contributed by atoms with Gasteiger partial charge in [0.2, 0.25) is 0 Å². The molecule has 0 radical (unpaired) electrons. The van der Waals surface area contributed by atoms with Crippen LogP contribution >= 0.6 is 11.6 Å². The van der Waals surface area contributed by atoms with Crippen molar-refractivity contribution in [3.05, 3.63) is 52.6 Å². The number of hydrogen-bond donors (Lipinski definition) is 2. The molecule has 2 aromatic rings. The number of halogens is 1. The molecule has 1 aromatic heterocycles. The Morgan fingerprint density at radius 3 is 2.72 bits per heavy atom. The standard InChI is InChI=1S/C21H25ClN4O3/c1-13-19(26(2)12-24-13)21(29)23-11-18(27)14-5-4-8-17(10-14)25-20(28)15-6-3-7-16(22)9-15/h3,6-7,9,12,14,17H,4-5,8,10-11H2,1-2H3,(H,23,29)(H,25,28)/t14-,17+/m1/s1. The van der Waals surface area contributed by atoms with Gasteiger partial charge in [0.25, 0.3) is 11.8 Å². The van der Waals surface area contributed by atoms with Crippen LogP contribution in [0.25, 0.3) is 0 Å². The van der Waals surface area contributed by atoms with Crippen molar-refractivity contribution in [2.24, 2.45) is 13.0 Å². The molecule has 3 rings (SSSR count). The van der Waals surface area contributed by atoms with E-state index in [9.17, 15) is 14.4 Å². The molecule has 1 aliphatic rings. The number of aromatic nitrogens is 2. The SMILES string of the molecule is Cc1ncn(C)c1C(=O)NCC(=O)[C@@H]1CCC[C@H](NC(=O)c2cccc(Cl)c2)C1. The minimum Gasteiger partial charge on any atom is -0.349 e. The minimum atomic E-state index is -0.308. The van der Waals surface area contributed by atoms with Gasteiger partial charge in [0.1, 0.15) is 5.69 Å². The Hall–Kier alpha value is -2.67. The zero-order valence-corrected chi connectivity index (χ0v) is 17.3. The Balaban J connectivity index is 1.52. The summed E-state index contributed by atoms with van der Waals surface area (Å²) in [5.41, 5.74) is 1.58. The van der Waals surface area contributed by atoms with Gasteiger partial charge in [-0.15, -0.1) is 0 Å². The van der Waals surface area contributed by atoms with Gasteiger partial charge in [-0.1, -0.05) is 24.1 Å². The van der Waals surface area contributed by atoms with Crippen molar-refractivity contribution in [3.8, 4) is 0 Å². The molecule has 0 unspecified atom stereocenters. The van der Waals surface area contributed by atoms with Gasteiger partial charge < -0.3 is 15.2 Å². The molecule has 1 heterocycles. The van der Waals surface area contributed by atoms with E-state index < -0.39 is 0 Å². The lowest BCUT2D eigenvalue weighted by Crippen LogP contribution is -2.42. The number of carbonyl (C=O) groups is 3. The maximum atomic E-state index is 12.6. The summed E-state index contributed by atoms with van der Waals surface area (Å²) < 4.78 is 1.64. The number of amides is 2. The zero-order chi connectivity index (χ0) is 21.0. The fourth-order valence-corrected chi connectivity index (χ4v) is 3.97. The van der Waals surface area contributed by atoms with Crippen LogP contribution in [0.4, 0.5) is 0 Å². The summed E-state index contributed by atoms with van der Waals surface area (Å²) in [6.45, 7) is 1.73. The van der Waals surface area contributed by atoms with E-state index in [1.165, 1.54) is 0 Å². The number of ketones is 1. The smallest absolute Gasteiger partial charge is 0.270 e. The third-order valence-electron chi connectivity index (χ3n) is 5.31. The Bertz CT molecular complexity index is 905. The molecular formula is C21H25ClN4O3. The van der Waals surface area contributed by atoms with Gasteiger partial charge in [-0.3, -0.25) is 14.4 Å². The molecule has 2 amide bonds. The first-order valence-corrected chi connectivity index (χ1v) is 10.1. The number of carbonyl (C=O) groups excluding carboxylic acids is 3. The summed E-state index contributed by atoms with van der Waals surface area (Å²) in [5.74, 6) is -0.690. The highest BCUT2D eigenvalue weighted by Crippen LogP contribution is 2.25. The summed E-state index contributed by atoms with van der Waals surface area (Å²) in [5, 5.41) is 6.21. The van der Waals surface area contributed by atoms with Crippen LogP contribution < -0.4 is 10.6 Å². The first-order chi connectivity index (χ1) is 13.8. The predicted octanol–water partition coefficient (Wildman–Crippen LogP) is 2.67. The van der Waals surface area contributed by atoms with Crippen molar-refractivity contribution in [3.63, 3.8) is 0 Å².